The molecule has 1 fully saturated rings. The first-order valence-electron chi connectivity index (χ1n) is 8.58. The summed E-state index contributed by atoms with van der Waals surface area (Å²) in [5.74, 6) is -0.377. The van der Waals surface area contributed by atoms with Gasteiger partial charge in [-0.15, -0.1) is 11.8 Å². The van der Waals surface area contributed by atoms with Crippen molar-refractivity contribution in [3.05, 3.63) is 81.5 Å². The Morgan fingerprint density at radius 2 is 1.82 bits per heavy atom. The van der Waals surface area contributed by atoms with Gasteiger partial charge in [-0.1, -0.05) is 35.9 Å². The van der Waals surface area contributed by atoms with Gasteiger partial charge in [-0.05, 0) is 52.2 Å². The van der Waals surface area contributed by atoms with Crippen molar-refractivity contribution >= 4 is 46.4 Å². The maximum absolute atomic E-state index is 13.1. The number of rotatable bonds is 4. The summed E-state index contributed by atoms with van der Waals surface area (Å²) >= 11 is 8.88. The Balaban J connectivity index is 1.70. The second kappa shape index (κ2) is 7.62. The van der Waals surface area contributed by atoms with Gasteiger partial charge < -0.3 is 10.4 Å². The van der Waals surface area contributed by atoms with Gasteiger partial charge in [0.25, 0.3) is 0 Å². The Kier molecular flexibility index (Phi) is 5.19. The zero-order valence-electron chi connectivity index (χ0n) is 14.6. The summed E-state index contributed by atoms with van der Waals surface area (Å²) in [4.78, 5) is 26.8. The first-order valence-corrected chi connectivity index (χ1v) is 10.8. The molecule has 2 atom stereocenters. The molecule has 2 aromatic carbocycles. The van der Waals surface area contributed by atoms with Crippen LogP contribution in [0.15, 0.2) is 70.3 Å². The van der Waals surface area contributed by atoms with Crippen LogP contribution in [0, 0.1) is 0 Å². The first kappa shape index (κ1) is 19.1. The summed E-state index contributed by atoms with van der Waals surface area (Å²) < 4.78 is 0. The number of nitrogens with one attached hydrogen (secondary N) is 1. The summed E-state index contributed by atoms with van der Waals surface area (Å²) in [7, 11) is 0. The fraction of sp³-hybridized carbons (Fsp3) is 0.143. The van der Waals surface area contributed by atoms with E-state index in [1.54, 1.807) is 36.4 Å². The van der Waals surface area contributed by atoms with Crippen LogP contribution in [0.1, 0.15) is 17.5 Å². The van der Waals surface area contributed by atoms with Crippen LogP contribution in [-0.4, -0.2) is 22.0 Å². The number of halogens is 1. The number of hydrogen-bond donors (Lipinski definition) is 2. The maximum Gasteiger partial charge on any atom is 0.242 e. The van der Waals surface area contributed by atoms with Gasteiger partial charge in [0.15, 0.2) is 5.78 Å². The molecule has 0 spiro atoms. The molecule has 0 aliphatic carbocycles. The normalized spacial score (nSPS) is 22.1. The van der Waals surface area contributed by atoms with Crippen molar-refractivity contribution in [2.45, 2.75) is 22.1 Å². The SMILES string of the molecule is O=C1C[C@](c2ccc(O)cc2)(c2ccsc2)NC(=O)[C@H]1Sc1ccccc1Cl. The summed E-state index contributed by atoms with van der Waals surface area (Å²) in [5, 5.41) is 16.2. The Labute approximate surface area is 175 Å². The van der Waals surface area contributed by atoms with Crippen LogP contribution in [0.5, 0.6) is 5.75 Å². The fourth-order valence-electron chi connectivity index (χ4n) is 3.38. The van der Waals surface area contributed by atoms with Crippen LogP contribution in [0.3, 0.4) is 0 Å². The minimum absolute atomic E-state index is 0.127. The van der Waals surface area contributed by atoms with Gasteiger partial charge in [-0.3, -0.25) is 9.59 Å². The fourth-order valence-corrected chi connectivity index (χ4v) is 5.35. The van der Waals surface area contributed by atoms with E-state index in [4.69, 9.17) is 11.6 Å². The van der Waals surface area contributed by atoms with E-state index in [-0.39, 0.29) is 23.9 Å². The molecule has 2 N–H and O–H groups in total. The summed E-state index contributed by atoms with van der Waals surface area (Å²) in [6.45, 7) is 0. The highest BCUT2D eigenvalue weighted by atomic mass is 35.5. The van der Waals surface area contributed by atoms with E-state index in [1.807, 2.05) is 29.0 Å². The lowest BCUT2D eigenvalue weighted by Gasteiger charge is -2.40. The van der Waals surface area contributed by atoms with Crippen molar-refractivity contribution < 1.29 is 14.7 Å². The number of Topliss-reactive ketones (excluding diaryl/α,β-unsaturated/α-hetero) is 1. The van der Waals surface area contributed by atoms with Crippen molar-refractivity contribution in [3.63, 3.8) is 0 Å². The lowest BCUT2D eigenvalue weighted by molar-refractivity contribution is -0.132. The molecule has 0 bridgehead atoms. The van der Waals surface area contributed by atoms with Crippen LogP contribution in [0.2, 0.25) is 5.02 Å². The third kappa shape index (κ3) is 3.43. The van der Waals surface area contributed by atoms with E-state index in [0.717, 1.165) is 11.1 Å². The molecule has 142 valence electrons. The molecule has 1 aromatic heterocycles. The molecule has 1 aliphatic heterocycles. The monoisotopic (exact) mass is 429 g/mol. The highest BCUT2D eigenvalue weighted by Crippen LogP contribution is 2.41. The molecule has 1 aliphatic rings. The molecule has 1 amide bonds. The molecule has 3 aromatic rings. The Morgan fingerprint density at radius 1 is 1.07 bits per heavy atom. The van der Waals surface area contributed by atoms with Gasteiger partial charge in [0.1, 0.15) is 11.0 Å². The zero-order chi connectivity index (χ0) is 19.7. The molecule has 0 unspecified atom stereocenters. The number of thioether (sulfide) groups is 1. The minimum Gasteiger partial charge on any atom is -0.508 e. The van der Waals surface area contributed by atoms with E-state index >= 15 is 0 Å². The van der Waals surface area contributed by atoms with Crippen LogP contribution < -0.4 is 5.32 Å². The lowest BCUT2D eigenvalue weighted by atomic mass is 9.77. The zero-order valence-corrected chi connectivity index (χ0v) is 17.0. The third-order valence-electron chi connectivity index (χ3n) is 4.76. The molecular weight excluding hydrogens is 414 g/mol. The predicted octanol–water partition coefficient (Wildman–Crippen LogP) is 4.60. The smallest absolute Gasteiger partial charge is 0.242 e. The van der Waals surface area contributed by atoms with Gasteiger partial charge in [-0.25, -0.2) is 0 Å². The van der Waals surface area contributed by atoms with Crippen LogP contribution in [0.25, 0.3) is 0 Å². The number of aromatic hydroxyl groups is 1. The number of thiophene rings is 1. The summed E-state index contributed by atoms with van der Waals surface area (Å²) in [6.07, 6.45) is 0.127. The maximum atomic E-state index is 13.1. The largest absolute Gasteiger partial charge is 0.508 e. The van der Waals surface area contributed by atoms with Gasteiger partial charge in [-0.2, -0.15) is 11.3 Å². The number of ketones is 1. The number of phenols is 1. The second-order valence-electron chi connectivity index (χ2n) is 6.52. The molecule has 0 radical (unpaired) electrons. The first-order chi connectivity index (χ1) is 13.5. The molecular formula is C21H16ClNO3S2. The van der Waals surface area contributed by atoms with Crippen LogP contribution >= 0.6 is 34.7 Å². The summed E-state index contributed by atoms with van der Waals surface area (Å²) in [5.41, 5.74) is 0.664. The van der Waals surface area contributed by atoms with E-state index in [9.17, 15) is 14.7 Å². The van der Waals surface area contributed by atoms with E-state index in [0.29, 0.717) is 9.92 Å². The number of benzene rings is 2. The number of carbonyl (C=O) groups excluding carboxylic acids is 2. The lowest BCUT2D eigenvalue weighted by Crippen LogP contribution is -2.57. The van der Waals surface area contributed by atoms with Crippen molar-refractivity contribution in [3.8, 4) is 5.75 Å². The number of hydrogen-bond acceptors (Lipinski definition) is 5. The molecule has 4 rings (SSSR count). The van der Waals surface area contributed by atoms with Crippen molar-refractivity contribution in [2.24, 2.45) is 0 Å². The Hall–Kier alpha value is -2.28. The average Bonchev–Trinajstić information content (AvgIpc) is 3.22. The molecule has 4 nitrogen and oxygen atoms in total. The topological polar surface area (TPSA) is 66.4 Å². The number of carbonyl (C=O) groups is 2. The van der Waals surface area contributed by atoms with Gasteiger partial charge in [0.2, 0.25) is 5.91 Å². The minimum atomic E-state index is -0.945. The number of amides is 1. The number of phenolic OH excluding ortho intramolecular Hbond substituents is 1. The van der Waals surface area contributed by atoms with Crippen LogP contribution in [0.4, 0.5) is 0 Å². The second-order valence-corrected chi connectivity index (χ2v) is 8.86. The number of piperidine rings is 1. The van der Waals surface area contributed by atoms with Crippen molar-refractivity contribution in [1.29, 1.82) is 0 Å². The van der Waals surface area contributed by atoms with Crippen LogP contribution in [-0.2, 0) is 15.1 Å². The van der Waals surface area contributed by atoms with E-state index in [1.165, 1.54) is 23.1 Å². The van der Waals surface area contributed by atoms with Crippen molar-refractivity contribution in [1.82, 2.24) is 5.32 Å². The standard InChI is InChI=1S/C21H16ClNO3S2/c22-16-3-1-2-4-18(16)28-19-17(25)11-21(23-20(19)26,14-9-10-27-12-14)13-5-7-15(24)8-6-13/h1-10,12,19,24H,11H2,(H,23,26)/t19-,21-/m0/s1. The molecule has 1 saturated heterocycles. The van der Waals surface area contributed by atoms with Crippen molar-refractivity contribution in [2.75, 3.05) is 0 Å². The predicted molar refractivity (Wildman–Crippen MR) is 112 cm³/mol. The molecule has 0 saturated carbocycles. The van der Waals surface area contributed by atoms with Gasteiger partial charge in [0, 0.05) is 11.3 Å². The Morgan fingerprint density at radius 3 is 2.46 bits per heavy atom. The molecule has 7 heteroatoms. The van der Waals surface area contributed by atoms with E-state index < -0.39 is 10.8 Å². The molecule has 2 heterocycles. The van der Waals surface area contributed by atoms with Gasteiger partial charge >= 0.3 is 0 Å². The molecule has 28 heavy (non-hydrogen) atoms. The van der Waals surface area contributed by atoms with Gasteiger partial charge in [0.05, 0.1) is 10.6 Å². The Bertz CT molecular complexity index is 1000. The average molecular weight is 430 g/mol. The summed E-state index contributed by atoms with van der Waals surface area (Å²) in [6, 6.07) is 15.7. The highest BCUT2D eigenvalue weighted by Gasteiger charge is 2.47. The third-order valence-corrected chi connectivity index (χ3v) is 7.21. The van der Waals surface area contributed by atoms with E-state index in [2.05, 4.69) is 5.32 Å². The quantitative estimate of drug-likeness (QED) is 0.595. The highest BCUT2D eigenvalue weighted by molar-refractivity contribution is 8.01.